The molecule has 2 aromatic carbocycles. The zero-order valence-corrected chi connectivity index (χ0v) is 16.8. The highest BCUT2D eigenvalue weighted by Gasteiger charge is 2.45. The monoisotopic (exact) mass is 376 g/mol. The van der Waals surface area contributed by atoms with Gasteiger partial charge < -0.3 is 10.6 Å². The Morgan fingerprint density at radius 3 is 1.52 bits per heavy atom. The smallest absolute Gasteiger partial charge is 0.0493 e. The molecule has 2 aromatic rings. The summed E-state index contributed by atoms with van der Waals surface area (Å²) < 4.78 is 0. The average Bonchev–Trinajstić information content (AvgIpc) is 2.84. The molecule has 134 valence electrons. The standard InChI is InChI=1S/C21H26Cl2N2/c1-13(2)24-11-21(12-25-14(3)4)19-15(7-5-9-17(19)22)16-8-6-10-18(23)20(16)21/h5-10,13-14,24-25H,11-12H2,1-4H3. The molecule has 0 saturated heterocycles. The fourth-order valence-corrected chi connectivity index (χ4v) is 4.48. The molecule has 0 spiro atoms. The van der Waals surface area contributed by atoms with Gasteiger partial charge in [0.15, 0.2) is 0 Å². The van der Waals surface area contributed by atoms with Crippen molar-refractivity contribution in [1.29, 1.82) is 0 Å². The van der Waals surface area contributed by atoms with Crippen molar-refractivity contribution in [2.75, 3.05) is 13.1 Å². The first kappa shape index (κ1) is 18.7. The third-order valence-corrected chi connectivity index (χ3v) is 5.53. The van der Waals surface area contributed by atoms with E-state index in [4.69, 9.17) is 23.2 Å². The molecule has 2 N–H and O–H groups in total. The van der Waals surface area contributed by atoms with E-state index in [1.54, 1.807) is 0 Å². The normalized spacial score (nSPS) is 14.9. The van der Waals surface area contributed by atoms with Crippen LogP contribution < -0.4 is 10.6 Å². The van der Waals surface area contributed by atoms with E-state index >= 15 is 0 Å². The second-order valence-corrected chi connectivity index (χ2v) is 8.29. The number of nitrogens with one attached hydrogen (secondary N) is 2. The molecule has 0 bridgehead atoms. The number of rotatable bonds is 6. The second kappa shape index (κ2) is 7.28. The van der Waals surface area contributed by atoms with E-state index in [2.05, 4.69) is 50.5 Å². The van der Waals surface area contributed by atoms with Crippen LogP contribution in [0.3, 0.4) is 0 Å². The van der Waals surface area contributed by atoms with Crippen LogP contribution in [-0.2, 0) is 5.41 Å². The molecule has 1 aliphatic rings. The summed E-state index contributed by atoms with van der Waals surface area (Å²) in [7, 11) is 0. The van der Waals surface area contributed by atoms with Gasteiger partial charge in [0.25, 0.3) is 0 Å². The molecule has 0 amide bonds. The third kappa shape index (κ3) is 3.33. The van der Waals surface area contributed by atoms with Crippen molar-refractivity contribution in [1.82, 2.24) is 10.6 Å². The molecular weight excluding hydrogens is 351 g/mol. The lowest BCUT2D eigenvalue weighted by atomic mass is 9.77. The molecule has 0 radical (unpaired) electrons. The van der Waals surface area contributed by atoms with E-state index in [0.717, 1.165) is 23.1 Å². The van der Waals surface area contributed by atoms with Crippen molar-refractivity contribution in [3.05, 3.63) is 57.6 Å². The van der Waals surface area contributed by atoms with Crippen molar-refractivity contribution >= 4 is 23.2 Å². The lowest BCUT2D eigenvalue weighted by Gasteiger charge is -2.35. The quantitative estimate of drug-likeness (QED) is 0.718. The fraction of sp³-hybridized carbons (Fsp3) is 0.429. The fourth-order valence-electron chi connectivity index (χ4n) is 3.77. The highest BCUT2D eigenvalue weighted by atomic mass is 35.5. The Morgan fingerprint density at radius 1 is 0.760 bits per heavy atom. The van der Waals surface area contributed by atoms with Crippen LogP contribution in [0.1, 0.15) is 38.8 Å². The molecule has 0 aromatic heterocycles. The van der Waals surface area contributed by atoms with Gasteiger partial charge in [-0.15, -0.1) is 0 Å². The van der Waals surface area contributed by atoms with Crippen molar-refractivity contribution in [2.24, 2.45) is 0 Å². The van der Waals surface area contributed by atoms with Gasteiger partial charge in [0.2, 0.25) is 0 Å². The maximum absolute atomic E-state index is 6.73. The van der Waals surface area contributed by atoms with Crippen LogP contribution in [0.25, 0.3) is 11.1 Å². The van der Waals surface area contributed by atoms with E-state index in [1.807, 2.05) is 24.3 Å². The Hall–Kier alpha value is -1.06. The van der Waals surface area contributed by atoms with Gasteiger partial charge in [-0.3, -0.25) is 0 Å². The highest BCUT2D eigenvalue weighted by molar-refractivity contribution is 6.34. The first-order valence-corrected chi connectivity index (χ1v) is 9.67. The zero-order valence-electron chi connectivity index (χ0n) is 15.3. The minimum absolute atomic E-state index is 0.282. The minimum Gasteiger partial charge on any atom is -0.313 e. The van der Waals surface area contributed by atoms with Gasteiger partial charge >= 0.3 is 0 Å². The zero-order chi connectivity index (χ0) is 18.2. The van der Waals surface area contributed by atoms with Crippen LogP contribution in [0.15, 0.2) is 36.4 Å². The summed E-state index contributed by atoms with van der Waals surface area (Å²) in [4.78, 5) is 0. The molecule has 1 aliphatic carbocycles. The molecule has 0 heterocycles. The minimum atomic E-state index is -0.282. The van der Waals surface area contributed by atoms with Crippen molar-refractivity contribution in [3.8, 4) is 11.1 Å². The SMILES string of the molecule is CC(C)NCC1(CNC(C)C)c2c(Cl)cccc2-c2cccc(Cl)c21. The van der Waals surface area contributed by atoms with Crippen LogP contribution in [0, 0.1) is 0 Å². The van der Waals surface area contributed by atoms with Gasteiger partial charge in [0, 0.05) is 40.6 Å². The topological polar surface area (TPSA) is 24.1 Å². The first-order chi connectivity index (χ1) is 11.9. The van der Waals surface area contributed by atoms with Crippen molar-refractivity contribution < 1.29 is 0 Å². The van der Waals surface area contributed by atoms with Gasteiger partial charge in [-0.25, -0.2) is 0 Å². The molecule has 25 heavy (non-hydrogen) atoms. The Morgan fingerprint density at radius 2 is 1.16 bits per heavy atom. The van der Waals surface area contributed by atoms with E-state index in [1.165, 1.54) is 22.3 Å². The Kier molecular flexibility index (Phi) is 5.45. The van der Waals surface area contributed by atoms with Gasteiger partial charge in [0.1, 0.15) is 0 Å². The number of hydrogen-bond acceptors (Lipinski definition) is 2. The van der Waals surface area contributed by atoms with Crippen molar-refractivity contribution in [3.63, 3.8) is 0 Å². The first-order valence-electron chi connectivity index (χ1n) is 8.92. The molecule has 0 fully saturated rings. The van der Waals surface area contributed by atoms with E-state index < -0.39 is 0 Å². The number of benzene rings is 2. The van der Waals surface area contributed by atoms with Gasteiger partial charge in [-0.1, -0.05) is 75.2 Å². The van der Waals surface area contributed by atoms with E-state index in [0.29, 0.717) is 12.1 Å². The predicted molar refractivity (Wildman–Crippen MR) is 109 cm³/mol. The lowest BCUT2D eigenvalue weighted by Crippen LogP contribution is -2.48. The molecule has 0 aliphatic heterocycles. The number of hydrogen-bond donors (Lipinski definition) is 2. The highest BCUT2D eigenvalue weighted by Crippen LogP contribution is 2.53. The predicted octanol–water partition coefficient (Wildman–Crippen LogP) is 5.26. The summed E-state index contributed by atoms with van der Waals surface area (Å²) in [5, 5.41) is 8.87. The molecule has 2 nitrogen and oxygen atoms in total. The number of halogens is 2. The van der Waals surface area contributed by atoms with Crippen LogP contribution in [-0.4, -0.2) is 25.2 Å². The van der Waals surface area contributed by atoms with Crippen LogP contribution in [0.2, 0.25) is 10.0 Å². The Balaban J connectivity index is 2.24. The van der Waals surface area contributed by atoms with Gasteiger partial charge in [0.05, 0.1) is 0 Å². The molecule has 4 heteroatoms. The van der Waals surface area contributed by atoms with Gasteiger partial charge in [-0.2, -0.15) is 0 Å². The molecule has 0 saturated carbocycles. The van der Waals surface area contributed by atoms with Gasteiger partial charge in [-0.05, 0) is 34.4 Å². The maximum Gasteiger partial charge on any atom is 0.0493 e. The summed E-state index contributed by atoms with van der Waals surface area (Å²) in [6, 6.07) is 13.1. The van der Waals surface area contributed by atoms with Crippen LogP contribution in [0.4, 0.5) is 0 Å². The summed E-state index contributed by atoms with van der Waals surface area (Å²) in [6.07, 6.45) is 0. The summed E-state index contributed by atoms with van der Waals surface area (Å²) in [5.41, 5.74) is 4.47. The van der Waals surface area contributed by atoms with Crippen LogP contribution in [0.5, 0.6) is 0 Å². The maximum atomic E-state index is 6.73. The summed E-state index contributed by atoms with van der Waals surface area (Å²) in [5.74, 6) is 0. The van der Waals surface area contributed by atoms with E-state index in [-0.39, 0.29) is 5.41 Å². The summed E-state index contributed by atoms with van der Waals surface area (Å²) >= 11 is 13.5. The average molecular weight is 377 g/mol. The van der Waals surface area contributed by atoms with Crippen LogP contribution >= 0.6 is 23.2 Å². The summed E-state index contributed by atoms with van der Waals surface area (Å²) in [6.45, 7) is 10.2. The van der Waals surface area contributed by atoms with Crippen molar-refractivity contribution in [2.45, 2.75) is 45.2 Å². The molecule has 3 rings (SSSR count). The Bertz CT molecular complexity index is 703. The molecule has 0 unspecified atom stereocenters. The Labute approximate surface area is 160 Å². The second-order valence-electron chi connectivity index (χ2n) is 7.48. The number of fused-ring (bicyclic) bond motifs is 3. The third-order valence-electron chi connectivity index (χ3n) is 4.90. The lowest BCUT2D eigenvalue weighted by molar-refractivity contribution is 0.403. The largest absolute Gasteiger partial charge is 0.313 e. The molecule has 0 atom stereocenters. The van der Waals surface area contributed by atoms with E-state index in [9.17, 15) is 0 Å². The molecular formula is C21H26Cl2N2.